The van der Waals surface area contributed by atoms with Gasteiger partial charge in [0.05, 0.1) is 31.1 Å². The minimum atomic E-state index is -3.58. The van der Waals surface area contributed by atoms with Gasteiger partial charge in [-0.3, -0.25) is 4.79 Å². The molecule has 8 heteroatoms. The molecule has 4 N–H and O–H groups in total. The Bertz CT molecular complexity index is 868. The normalized spacial score (nSPS) is 13.0. The van der Waals surface area contributed by atoms with E-state index in [1.807, 2.05) is 56.3 Å². The highest BCUT2D eigenvalue weighted by atomic mass is 32.2. The number of benzene rings is 2. The van der Waals surface area contributed by atoms with Crippen molar-refractivity contribution < 1.29 is 17.9 Å². The zero-order valence-corrected chi connectivity index (χ0v) is 16.5. The summed E-state index contributed by atoms with van der Waals surface area (Å²) in [7, 11) is -3.58. The Balaban J connectivity index is 1.92. The zero-order valence-electron chi connectivity index (χ0n) is 15.6. The van der Waals surface area contributed by atoms with E-state index in [2.05, 4.69) is 10.0 Å². The van der Waals surface area contributed by atoms with Gasteiger partial charge in [0.15, 0.2) is 0 Å². The third-order valence-electron chi connectivity index (χ3n) is 4.00. The lowest BCUT2D eigenvalue weighted by Gasteiger charge is -2.18. The van der Waals surface area contributed by atoms with Crippen molar-refractivity contribution in [2.75, 3.05) is 25.4 Å². The van der Waals surface area contributed by atoms with Gasteiger partial charge in [0.1, 0.15) is 0 Å². The number of sulfonamides is 1. The predicted octanol–water partition coefficient (Wildman–Crippen LogP) is 1.30. The molecule has 7 nitrogen and oxygen atoms in total. The molecule has 0 aromatic heterocycles. The van der Waals surface area contributed by atoms with Crippen molar-refractivity contribution in [2.24, 2.45) is 5.73 Å². The van der Waals surface area contributed by atoms with Crippen LogP contribution < -0.4 is 15.8 Å². The maximum atomic E-state index is 12.2. The highest BCUT2D eigenvalue weighted by molar-refractivity contribution is 7.89. The highest BCUT2D eigenvalue weighted by Crippen LogP contribution is 2.20. The van der Waals surface area contributed by atoms with E-state index < -0.39 is 22.0 Å². The van der Waals surface area contributed by atoms with Crippen molar-refractivity contribution in [3.63, 3.8) is 0 Å². The number of rotatable bonds is 10. The summed E-state index contributed by atoms with van der Waals surface area (Å²) in [6.45, 7) is 3.60. The van der Waals surface area contributed by atoms with Crippen LogP contribution in [0.25, 0.3) is 10.8 Å². The van der Waals surface area contributed by atoms with E-state index in [4.69, 9.17) is 10.5 Å². The summed E-state index contributed by atoms with van der Waals surface area (Å²) < 4.78 is 31.3. The minimum absolute atomic E-state index is 0.0456. The molecule has 0 heterocycles. The quantitative estimate of drug-likeness (QED) is 0.563. The van der Waals surface area contributed by atoms with E-state index in [-0.39, 0.29) is 31.6 Å². The number of carbonyl (C=O) groups is 1. The molecule has 0 aliphatic heterocycles. The molecule has 0 bridgehead atoms. The molecule has 2 rings (SSSR count). The van der Waals surface area contributed by atoms with Gasteiger partial charge in [0.25, 0.3) is 0 Å². The number of hydrogen-bond acceptors (Lipinski definition) is 5. The fraction of sp³-hybridized carbons (Fsp3) is 0.421. The van der Waals surface area contributed by atoms with E-state index in [1.165, 1.54) is 0 Å². The Morgan fingerprint density at radius 1 is 1.15 bits per heavy atom. The lowest BCUT2D eigenvalue weighted by Crippen LogP contribution is -2.41. The molecule has 0 aliphatic rings. The van der Waals surface area contributed by atoms with Crippen molar-refractivity contribution >= 4 is 26.7 Å². The minimum Gasteiger partial charge on any atom is -0.378 e. The van der Waals surface area contributed by atoms with E-state index in [0.717, 1.165) is 16.3 Å². The van der Waals surface area contributed by atoms with E-state index in [0.29, 0.717) is 0 Å². The Hall–Kier alpha value is -2.00. The largest absolute Gasteiger partial charge is 0.378 e. The van der Waals surface area contributed by atoms with Crippen molar-refractivity contribution in [2.45, 2.75) is 26.0 Å². The number of hydrogen-bond donors (Lipinski definition) is 3. The maximum absolute atomic E-state index is 12.2. The van der Waals surface area contributed by atoms with E-state index in [1.54, 1.807) is 0 Å². The van der Waals surface area contributed by atoms with Crippen LogP contribution in [0.1, 0.15) is 25.5 Å². The van der Waals surface area contributed by atoms with Crippen molar-refractivity contribution in [1.29, 1.82) is 0 Å². The summed E-state index contributed by atoms with van der Waals surface area (Å²) in [5.41, 5.74) is 6.68. The first kappa shape index (κ1) is 21.3. The molecule has 0 radical (unpaired) electrons. The molecule has 1 unspecified atom stereocenters. The van der Waals surface area contributed by atoms with Crippen LogP contribution in [0.2, 0.25) is 0 Å². The number of nitrogens with one attached hydrogen (secondary N) is 2. The summed E-state index contributed by atoms with van der Waals surface area (Å²) in [5.74, 6) is -0.629. The van der Waals surface area contributed by atoms with Gasteiger partial charge < -0.3 is 15.8 Å². The molecule has 1 atom stereocenters. The fourth-order valence-corrected chi connectivity index (χ4v) is 3.40. The average molecular weight is 394 g/mol. The maximum Gasteiger partial charge on any atom is 0.235 e. The third-order valence-corrected chi connectivity index (χ3v) is 5.29. The van der Waals surface area contributed by atoms with E-state index >= 15 is 0 Å². The van der Waals surface area contributed by atoms with Crippen molar-refractivity contribution in [3.8, 4) is 0 Å². The van der Waals surface area contributed by atoms with Gasteiger partial charge in [-0.05, 0) is 36.2 Å². The summed E-state index contributed by atoms with van der Waals surface area (Å²) in [6.07, 6.45) is -0.0456. The molecule has 0 saturated heterocycles. The number of amides is 1. The van der Waals surface area contributed by atoms with Crippen LogP contribution in [0.15, 0.2) is 42.5 Å². The van der Waals surface area contributed by atoms with Crippen LogP contribution in [0.3, 0.4) is 0 Å². The van der Waals surface area contributed by atoms with Gasteiger partial charge in [-0.1, -0.05) is 36.4 Å². The molecule has 0 fully saturated rings. The Morgan fingerprint density at radius 2 is 1.85 bits per heavy atom. The van der Waals surface area contributed by atoms with E-state index in [9.17, 15) is 13.2 Å². The zero-order chi connectivity index (χ0) is 19.9. The second kappa shape index (κ2) is 9.80. The van der Waals surface area contributed by atoms with Crippen LogP contribution in [0.4, 0.5) is 0 Å². The molecule has 27 heavy (non-hydrogen) atoms. The van der Waals surface area contributed by atoms with Gasteiger partial charge in [0, 0.05) is 6.54 Å². The lowest BCUT2D eigenvalue weighted by atomic mass is 10.0. The summed E-state index contributed by atoms with van der Waals surface area (Å²) in [6, 6.07) is 13.4. The van der Waals surface area contributed by atoms with Gasteiger partial charge in [0.2, 0.25) is 15.9 Å². The molecular weight excluding hydrogens is 366 g/mol. The van der Waals surface area contributed by atoms with Crippen LogP contribution in [0.5, 0.6) is 0 Å². The first-order valence-corrected chi connectivity index (χ1v) is 10.5. The van der Waals surface area contributed by atoms with Gasteiger partial charge in [-0.2, -0.15) is 0 Å². The van der Waals surface area contributed by atoms with Crippen LogP contribution in [-0.2, 0) is 19.6 Å². The third kappa shape index (κ3) is 6.91. The molecule has 0 spiro atoms. The van der Waals surface area contributed by atoms with Crippen molar-refractivity contribution in [1.82, 2.24) is 10.0 Å². The fourth-order valence-electron chi connectivity index (χ4n) is 2.59. The smallest absolute Gasteiger partial charge is 0.235 e. The van der Waals surface area contributed by atoms with Crippen LogP contribution in [-0.4, -0.2) is 45.9 Å². The Morgan fingerprint density at radius 3 is 2.52 bits per heavy atom. The monoisotopic (exact) mass is 393 g/mol. The summed E-state index contributed by atoms with van der Waals surface area (Å²) in [5, 5.41) is 4.92. The second-order valence-electron chi connectivity index (χ2n) is 6.52. The summed E-state index contributed by atoms with van der Waals surface area (Å²) in [4.78, 5) is 12.2. The standard InChI is InChI=1S/C19H27N3O4S/c1-14(2)26-9-10-27(24,25)21-13-19(23)22-18(12-20)17-8-7-15-5-3-4-6-16(15)11-17/h3-8,11,14,18,21H,9-10,12-13,20H2,1-2H3,(H,22,23). The molecule has 2 aromatic rings. The van der Waals surface area contributed by atoms with Crippen molar-refractivity contribution in [3.05, 3.63) is 48.0 Å². The topological polar surface area (TPSA) is 111 Å². The first-order valence-electron chi connectivity index (χ1n) is 8.88. The Labute approximate surface area is 160 Å². The van der Waals surface area contributed by atoms with Gasteiger partial charge >= 0.3 is 0 Å². The second-order valence-corrected chi connectivity index (χ2v) is 8.45. The number of carbonyl (C=O) groups excluding carboxylic acids is 1. The summed E-state index contributed by atoms with van der Waals surface area (Å²) >= 11 is 0. The molecule has 2 aromatic carbocycles. The molecule has 0 aliphatic carbocycles. The van der Waals surface area contributed by atoms with Gasteiger partial charge in [-0.15, -0.1) is 0 Å². The number of ether oxygens (including phenoxy) is 1. The SMILES string of the molecule is CC(C)OCCS(=O)(=O)NCC(=O)NC(CN)c1ccc2ccccc2c1. The Kier molecular flexibility index (Phi) is 7.73. The molecular formula is C19H27N3O4S. The molecule has 0 saturated carbocycles. The first-order chi connectivity index (χ1) is 12.8. The van der Waals surface area contributed by atoms with Crippen LogP contribution in [0, 0.1) is 0 Å². The average Bonchev–Trinajstić information content (AvgIpc) is 2.63. The molecule has 148 valence electrons. The lowest BCUT2D eigenvalue weighted by molar-refractivity contribution is -0.120. The highest BCUT2D eigenvalue weighted by Gasteiger charge is 2.16. The number of fused-ring (bicyclic) bond motifs is 1. The van der Waals surface area contributed by atoms with Crippen LogP contribution >= 0.6 is 0 Å². The number of nitrogens with two attached hydrogens (primary N) is 1. The molecule has 1 amide bonds. The van der Waals surface area contributed by atoms with Gasteiger partial charge in [-0.25, -0.2) is 13.1 Å². The predicted molar refractivity (Wildman–Crippen MR) is 107 cm³/mol.